The molecule has 0 aliphatic carbocycles. The van der Waals surface area contributed by atoms with Gasteiger partial charge in [0.05, 0.1) is 5.69 Å². The molecule has 0 aliphatic rings. The van der Waals surface area contributed by atoms with E-state index >= 15 is 0 Å². The molecule has 0 saturated heterocycles. The molecule has 0 spiro atoms. The normalized spacial score (nSPS) is 12.5. The van der Waals surface area contributed by atoms with Crippen LogP contribution in [0.15, 0.2) is 18.3 Å². The number of aromatic nitrogens is 1. The lowest BCUT2D eigenvalue weighted by atomic mass is 10.1. The molecule has 0 bridgehead atoms. The van der Waals surface area contributed by atoms with Crippen molar-refractivity contribution in [2.75, 3.05) is 12.3 Å². The van der Waals surface area contributed by atoms with Crippen molar-refractivity contribution in [2.45, 2.75) is 46.1 Å². The largest absolute Gasteiger partial charge is 0.397 e. The number of hydrogen-bond donors (Lipinski definition) is 1. The molecule has 0 radical (unpaired) electrons. The Hall–Kier alpha value is -1.62. The predicted molar refractivity (Wildman–Crippen MR) is 89.7 cm³/mol. The first-order valence-corrected chi connectivity index (χ1v) is 8.35. The van der Waals surface area contributed by atoms with E-state index in [0.29, 0.717) is 10.6 Å². The van der Waals surface area contributed by atoms with Crippen LogP contribution in [0, 0.1) is 0 Å². The Morgan fingerprint density at radius 1 is 1.48 bits per heavy atom. The van der Waals surface area contributed by atoms with Gasteiger partial charge in [-0.15, -0.1) is 11.3 Å². The average molecular weight is 305 g/mol. The van der Waals surface area contributed by atoms with E-state index in [1.54, 1.807) is 6.20 Å². The van der Waals surface area contributed by atoms with Gasteiger partial charge in [-0.05, 0) is 31.9 Å². The summed E-state index contributed by atoms with van der Waals surface area (Å²) in [5.41, 5.74) is 6.74. The Labute approximate surface area is 130 Å². The van der Waals surface area contributed by atoms with Crippen LogP contribution in [-0.4, -0.2) is 28.4 Å². The number of nitrogens with zero attached hydrogens (tertiary/aromatic N) is 2. The quantitative estimate of drug-likeness (QED) is 0.880. The van der Waals surface area contributed by atoms with Gasteiger partial charge in [0.2, 0.25) is 0 Å². The maximum Gasteiger partial charge on any atom is 0.266 e. The van der Waals surface area contributed by atoms with E-state index in [0.717, 1.165) is 36.0 Å². The van der Waals surface area contributed by atoms with Crippen LogP contribution in [0.1, 0.15) is 49.7 Å². The fraction of sp³-hybridized carbons (Fsp3) is 0.500. The molecule has 0 saturated carbocycles. The van der Waals surface area contributed by atoms with Crippen molar-refractivity contribution in [3.05, 3.63) is 23.2 Å². The number of nitrogen functional groups attached to an aromatic ring is 1. The number of amides is 1. The first-order chi connectivity index (χ1) is 10.1. The fourth-order valence-corrected chi connectivity index (χ4v) is 3.33. The van der Waals surface area contributed by atoms with Crippen LogP contribution in [-0.2, 0) is 0 Å². The Morgan fingerprint density at radius 3 is 2.86 bits per heavy atom. The minimum atomic E-state index is 0.0401. The van der Waals surface area contributed by atoms with Crippen LogP contribution in [0.3, 0.4) is 0 Å². The summed E-state index contributed by atoms with van der Waals surface area (Å²) in [7, 11) is 0. The molecular weight excluding hydrogens is 282 g/mol. The number of nitrogens with two attached hydrogens (primary N) is 1. The fourth-order valence-electron chi connectivity index (χ4n) is 2.31. The van der Waals surface area contributed by atoms with Gasteiger partial charge in [-0.25, -0.2) is 4.98 Å². The zero-order valence-corrected chi connectivity index (χ0v) is 13.7. The van der Waals surface area contributed by atoms with E-state index in [1.165, 1.54) is 11.3 Å². The highest BCUT2D eigenvalue weighted by atomic mass is 32.1. The molecule has 2 aromatic rings. The Balaban J connectivity index is 2.35. The molecule has 1 unspecified atom stereocenters. The molecule has 0 aromatic carbocycles. The van der Waals surface area contributed by atoms with E-state index in [-0.39, 0.29) is 11.9 Å². The van der Waals surface area contributed by atoms with Crippen LogP contribution >= 0.6 is 11.3 Å². The molecule has 1 amide bonds. The minimum absolute atomic E-state index is 0.0401. The second-order valence-corrected chi connectivity index (χ2v) is 6.31. The minimum Gasteiger partial charge on any atom is -0.397 e. The zero-order chi connectivity index (χ0) is 15.4. The van der Waals surface area contributed by atoms with E-state index in [4.69, 9.17) is 5.73 Å². The van der Waals surface area contributed by atoms with Crippen LogP contribution in [0.5, 0.6) is 0 Å². The maximum absolute atomic E-state index is 12.9. The summed E-state index contributed by atoms with van der Waals surface area (Å²) in [6.07, 6.45) is 4.76. The molecule has 21 heavy (non-hydrogen) atoms. The van der Waals surface area contributed by atoms with Gasteiger partial charge < -0.3 is 10.6 Å². The van der Waals surface area contributed by atoms with Gasteiger partial charge in [-0.2, -0.15) is 0 Å². The molecule has 0 aliphatic heterocycles. The number of fused-ring (bicyclic) bond motifs is 1. The van der Waals surface area contributed by atoms with Crippen LogP contribution in [0.25, 0.3) is 10.2 Å². The van der Waals surface area contributed by atoms with Crippen molar-refractivity contribution in [2.24, 2.45) is 0 Å². The summed E-state index contributed by atoms with van der Waals surface area (Å²) in [5.74, 6) is 0.0401. The van der Waals surface area contributed by atoms with Crippen LogP contribution < -0.4 is 5.73 Å². The molecule has 114 valence electrons. The van der Waals surface area contributed by atoms with Gasteiger partial charge in [0.25, 0.3) is 5.91 Å². The molecule has 2 heterocycles. The van der Waals surface area contributed by atoms with Crippen LogP contribution in [0.2, 0.25) is 0 Å². The molecule has 0 fully saturated rings. The zero-order valence-electron chi connectivity index (χ0n) is 12.9. The summed E-state index contributed by atoms with van der Waals surface area (Å²) in [6, 6.07) is 4.00. The predicted octanol–water partition coefficient (Wildman–Crippen LogP) is 3.92. The Morgan fingerprint density at radius 2 is 2.24 bits per heavy atom. The smallest absolute Gasteiger partial charge is 0.266 e. The lowest BCUT2D eigenvalue weighted by molar-refractivity contribution is 0.0691. The number of thiophene rings is 1. The number of hydrogen-bond acceptors (Lipinski definition) is 4. The van der Waals surface area contributed by atoms with E-state index in [1.807, 2.05) is 17.0 Å². The van der Waals surface area contributed by atoms with Crippen molar-refractivity contribution in [3.8, 4) is 0 Å². The van der Waals surface area contributed by atoms with Gasteiger partial charge >= 0.3 is 0 Å². The second-order valence-electron chi connectivity index (χ2n) is 5.31. The van der Waals surface area contributed by atoms with Crippen LogP contribution in [0.4, 0.5) is 5.69 Å². The summed E-state index contributed by atoms with van der Waals surface area (Å²) in [4.78, 5) is 20.6. The third-order valence-electron chi connectivity index (χ3n) is 3.84. The number of carbonyl (C=O) groups excluding carboxylic acids is 1. The average Bonchev–Trinajstić information content (AvgIpc) is 2.84. The number of pyridine rings is 1. The van der Waals surface area contributed by atoms with Gasteiger partial charge in [-0.3, -0.25) is 4.79 Å². The standard InChI is InChI=1S/C16H23N3OS/c1-4-6-10-19(11(3)5-2)16(20)14-13(17)12-8-7-9-18-15(12)21-14/h7-9,11H,4-6,10,17H2,1-3H3. The summed E-state index contributed by atoms with van der Waals surface area (Å²) < 4.78 is 0. The highest BCUT2D eigenvalue weighted by Crippen LogP contribution is 2.33. The van der Waals surface area contributed by atoms with Crippen molar-refractivity contribution >= 4 is 33.1 Å². The lowest BCUT2D eigenvalue weighted by Crippen LogP contribution is -2.38. The first-order valence-electron chi connectivity index (χ1n) is 7.54. The number of carbonyl (C=O) groups is 1. The SMILES string of the molecule is CCCCN(C(=O)c1sc2ncccc2c1N)C(C)CC. The molecule has 4 nitrogen and oxygen atoms in total. The molecule has 2 rings (SSSR count). The second kappa shape index (κ2) is 6.89. The van der Waals surface area contributed by atoms with Gasteiger partial charge in [0, 0.05) is 24.2 Å². The van der Waals surface area contributed by atoms with Crippen molar-refractivity contribution in [3.63, 3.8) is 0 Å². The van der Waals surface area contributed by atoms with Gasteiger partial charge in [0.15, 0.2) is 0 Å². The highest BCUT2D eigenvalue weighted by molar-refractivity contribution is 7.21. The van der Waals surface area contributed by atoms with Crippen molar-refractivity contribution in [1.29, 1.82) is 0 Å². The van der Waals surface area contributed by atoms with E-state index in [2.05, 4.69) is 25.8 Å². The van der Waals surface area contributed by atoms with Gasteiger partial charge in [-0.1, -0.05) is 20.3 Å². The number of rotatable bonds is 6. The molecule has 1 atom stereocenters. The van der Waals surface area contributed by atoms with E-state index < -0.39 is 0 Å². The Bertz CT molecular complexity index is 623. The third kappa shape index (κ3) is 3.18. The van der Waals surface area contributed by atoms with E-state index in [9.17, 15) is 4.79 Å². The number of anilines is 1. The topological polar surface area (TPSA) is 59.2 Å². The highest BCUT2D eigenvalue weighted by Gasteiger charge is 2.24. The number of unbranched alkanes of at least 4 members (excludes halogenated alkanes) is 1. The maximum atomic E-state index is 12.9. The molecule has 2 aromatic heterocycles. The molecule has 2 N–H and O–H groups in total. The molecule has 5 heteroatoms. The lowest BCUT2D eigenvalue weighted by Gasteiger charge is -2.28. The van der Waals surface area contributed by atoms with Gasteiger partial charge in [0.1, 0.15) is 9.71 Å². The summed E-state index contributed by atoms with van der Waals surface area (Å²) in [6.45, 7) is 7.12. The van der Waals surface area contributed by atoms with Crippen molar-refractivity contribution < 1.29 is 4.79 Å². The summed E-state index contributed by atoms with van der Waals surface area (Å²) in [5, 5.41) is 0.880. The third-order valence-corrected chi connectivity index (χ3v) is 4.95. The monoisotopic (exact) mass is 305 g/mol. The first kappa shape index (κ1) is 15.8. The Kier molecular flexibility index (Phi) is 5.17. The van der Waals surface area contributed by atoms with Crippen molar-refractivity contribution in [1.82, 2.24) is 9.88 Å². The summed E-state index contributed by atoms with van der Waals surface area (Å²) >= 11 is 1.39. The molecular formula is C16H23N3OS.